The lowest BCUT2D eigenvalue weighted by molar-refractivity contribution is -0.385. The van der Waals surface area contributed by atoms with Crippen molar-refractivity contribution in [2.75, 3.05) is 43.9 Å². The van der Waals surface area contributed by atoms with Gasteiger partial charge in [0.1, 0.15) is 0 Å². The van der Waals surface area contributed by atoms with Crippen LogP contribution in [0.5, 0.6) is 5.75 Å². The number of anilines is 1. The van der Waals surface area contributed by atoms with E-state index in [1.165, 1.54) is 39.5 Å². The number of ether oxygens (including phenoxy) is 1. The van der Waals surface area contributed by atoms with Crippen LogP contribution in [0.2, 0.25) is 0 Å². The second kappa shape index (κ2) is 8.95. The van der Waals surface area contributed by atoms with Crippen molar-refractivity contribution in [1.29, 1.82) is 0 Å². The van der Waals surface area contributed by atoms with E-state index in [1.54, 1.807) is 12.1 Å². The van der Waals surface area contributed by atoms with Gasteiger partial charge < -0.3 is 14.5 Å². The second-order valence-electron chi connectivity index (χ2n) is 7.32. The normalized spacial score (nSPS) is 20.3. The third-order valence-corrected chi connectivity index (χ3v) is 6.15. The van der Waals surface area contributed by atoms with Crippen LogP contribution in [-0.4, -0.2) is 54.9 Å². The SMILES string of the molecule is COc1cc(N2CCC(N3CCC(CCS)CC3)CC2)ccc1[N+](=O)[O-]. The summed E-state index contributed by atoms with van der Waals surface area (Å²) < 4.78 is 5.20. The van der Waals surface area contributed by atoms with Gasteiger partial charge in [-0.05, 0) is 62.9 Å². The number of hydrogen-bond acceptors (Lipinski definition) is 6. The lowest BCUT2D eigenvalue weighted by Gasteiger charge is -2.42. The Kier molecular flexibility index (Phi) is 6.64. The fourth-order valence-electron chi connectivity index (χ4n) is 4.29. The topological polar surface area (TPSA) is 58.8 Å². The van der Waals surface area contributed by atoms with E-state index in [2.05, 4.69) is 22.4 Å². The molecule has 3 rings (SSSR count). The highest BCUT2D eigenvalue weighted by atomic mass is 32.1. The molecule has 7 heteroatoms. The van der Waals surface area contributed by atoms with Gasteiger partial charge in [-0.15, -0.1) is 0 Å². The Morgan fingerprint density at radius 3 is 2.46 bits per heavy atom. The maximum absolute atomic E-state index is 11.1. The lowest BCUT2D eigenvalue weighted by atomic mass is 9.91. The highest BCUT2D eigenvalue weighted by molar-refractivity contribution is 7.80. The number of rotatable bonds is 6. The average Bonchev–Trinajstić information content (AvgIpc) is 2.68. The molecule has 2 saturated heterocycles. The van der Waals surface area contributed by atoms with E-state index in [0.29, 0.717) is 11.8 Å². The summed E-state index contributed by atoms with van der Waals surface area (Å²) in [5.41, 5.74) is 1.04. The summed E-state index contributed by atoms with van der Waals surface area (Å²) in [7, 11) is 1.48. The third kappa shape index (κ3) is 4.43. The van der Waals surface area contributed by atoms with Crippen LogP contribution >= 0.6 is 12.6 Å². The monoisotopic (exact) mass is 379 g/mol. The number of hydrogen-bond donors (Lipinski definition) is 1. The quantitative estimate of drug-likeness (QED) is 0.465. The van der Waals surface area contributed by atoms with Gasteiger partial charge in [0.15, 0.2) is 5.75 Å². The molecule has 2 aliphatic rings. The third-order valence-electron chi connectivity index (χ3n) is 5.89. The van der Waals surface area contributed by atoms with Crippen LogP contribution in [0.3, 0.4) is 0 Å². The zero-order valence-corrected chi connectivity index (χ0v) is 16.4. The maximum Gasteiger partial charge on any atom is 0.311 e. The number of thiol groups is 1. The first-order chi connectivity index (χ1) is 12.6. The van der Waals surface area contributed by atoms with Gasteiger partial charge in [-0.2, -0.15) is 12.6 Å². The molecule has 0 bridgehead atoms. The van der Waals surface area contributed by atoms with Crippen molar-refractivity contribution in [3.05, 3.63) is 28.3 Å². The average molecular weight is 380 g/mol. The summed E-state index contributed by atoms with van der Waals surface area (Å²) in [6, 6.07) is 5.85. The van der Waals surface area contributed by atoms with Crippen LogP contribution in [0.4, 0.5) is 11.4 Å². The molecule has 1 aromatic rings. The molecule has 144 valence electrons. The zero-order valence-electron chi connectivity index (χ0n) is 15.5. The van der Waals surface area contributed by atoms with Gasteiger partial charge in [-0.25, -0.2) is 0 Å². The van der Waals surface area contributed by atoms with Crippen LogP contribution in [0.15, 0.2) is 18.2 Å². The highest BCUT2D eigenvalue weighted by Crippen LogP contribution is 2.33. The number of nitrogens with zero attached hydrogens (tertiary/aromatic N) is 3. The molecule has 0 aliphatic carbocycles. The predicted octanol–water partition coefficient (Wildman–Crippen LogP) is 3.60. The van der Waals surface area contributed by atoms with E-state index in [1.807, 2.05) is 6.07 Å². The minimum Gasteiger partial charge on any atom is -0.490 e. The summed E-state index contributed by atoms with van der Waals surface area (Å²) in [5, 5.41) is 11.1. The molecular formula is C19H29N3O3S. The Bertz CT molecular complexity index is 612. The van der Waals surface area contributed by atoms with E-state index in [9.17, 15) is 10.1 Å². The molecule has 6 nitrogen and oxygen atoms in total. The Morgan fingerprint density at radius 2 is 1.88 bits per heavy atom. The molecule has 1 aromatic carbocycles. The van der Waals surface area contributed by atoms with Crippen LogP contribution in [0.1, 0.15) is 32.1 Å². The minimum atomic E-state index is -0.397. The summed E-state index contributed by atoms with van der Waals surface area (Å²) in [6.07, 6.45) is 6.16. The van der Waals surface area contributed by atoms with Gasteiger partial charge in [0, 0.05) is 37.0 Å². The standard InChI is InChI=1S/C19H29N3O3S/c1-25-19-14-17(2-3-18(19)22(23)24)21-11-6-16(7-12-21)20-9-4-15(5-10-20)8-13-26/h2-3,14-16,26H,4-13H2,1H3. The van der Waals surface area contributed by atoms with Crippen molar-refractivity contribution in [1.82, 2.24) is 4.90 Å². The van der Waals surface area contributed by atoms with Crippen LogP contribution in [-0.2, 0) is 0 Å². The van der Waals surface area contributed by atoms with E-state index in [-0.39, 0.29) is 5.69 Å². The van der Waals surface area contributed by atoms with Crippen molar-refractivity contribution in [3.8, 4) is 5.75 Å². The molecule has 0 unspecified atom stereocenters. The molecule has 2 heterocycles. The fraction of sp³-hybridized carbons (Fsp3) is 0.684. The van der Waals surface area contributed by atoms with Gasteiger partial charge >= 0.3 is 5.69 Å². The summed E-state index contributed by atoms with van der Waals surface area (Å²) in [4.78, 5) is 15.6. The largest absolute Gasteiger partial charge is 0.490 e. The lowest BCUT2D eigenvalue weighted by Crippen LogP contribution is -2.47. The van der Waals surface area contributed by atoms with Crippen LogP contribution in [0, 0.1) is 16.0 Å². The van der Waals surface area contributed by atoms with E-state index < -0.39 is 4.92 Å². The summed E-state index contributed by atoms with van der Waals surface area (Å²) in [6.45, 7) is 4.41. The molecule has 0 amide bonds. The van der Waals surface area contributed by atoms with Crippen molar-refractivity contribution < 1.29 is 9.66 Å². The zero-order chi connectivity index (χ0) is 18.5. The molecular weight excluding hydrogens is 350 g/mol. The molecule has 0 saturated carbocycles. The van der Waals surface area contributed by atoms with E-state index in [4.69, 9.17) is 4.74 Å². The number of benzene rings is 1. The van der Waals surface area contributed by atoms with Crippen LogP contribution < -0.4 is 9.64 Å². The molecule has 0 radical (unpaired) electrons. The Hall–Kier alpha value is -1.47. The van der Waals surface area contributed by atoms with Gasteiger partial charge in [0.2, 0.25) is 0 Å². The molecule has 0 N–H and O–H groups in total. The van der Waals surface area contributed by atoms with Gasteiger partial charge in [-0.3, -0.25) is 10.1 Å². The second-order valence-corrected chi connectivity index (χ2v) is 7.77. The Labute approximate surface area is 161 Å². The molecule has 0 aromatic heterocycles. The van der Waals surface area contributed by atoms with Crippen molar-refractivity contribution in [2.24, 2.45) is 5.92 Å². The van der Waals surface area contributed by atoms with E-state index >= 15 is 0 Å². The minimum absolute atomic E-state index is 0.0234. The number of likely N-dealkylation sites (tertiary alicyclic amines) is 1. The molecule has 0 spiro atoms. The van der Waals surface area contributed by atoms with Crippen molar-refractivity contribution in [2.45, 2.75) is 38.1 Å². The Morgan fingerprint density at radius 1 is 1.19 bits per heavy atom. The maximum atomic E-state index is 11.1. The predicted molar refractivity (Wildman–Crippen MR) is 108 cm³/mol. The molecule has 2 aliphatic heterocycles. The van der Waals surface area contributed by atoms with Gasteiger partial charge in [0.05, 0.1) is 12.0 Å². The number of nitro groups is 1. The van der Waals surface area contributed by atoms with Crippen molar-refractivity contribution >= 4 is 24.0 Å². The highest BCUT2D eigenvalue weighted by Gasteiger charge is 2.28. The van der Waals surface area contributed by atoms with Crippen LogP contribution in [0.25, 0.3) is 0 Å². The fourth-order valence-corrected chi connectivity index (χ4v) is 4.66. The first kappa shape index (κ1) is 19.3. The first-order valence-corrected chi connectivity index (χ1v) is 10.2. The Balaban J connectivity index is 1.55. The number of methoxy groups -OCH3 is 1. The number of nitro benzene ring substituents is 1. The van der Waals surface area contributed by atoms with Crippen molar-refractivity contribution in [3.63, 3.8) is 0 Å². The summed E-state index contributed by atoms with van der Waals surface area (Å²) in [5.74, 6) is 2.19. The van der Waals surface area contributed by atoms with Gasteiger partial charge in [-0.1, -0.05) is 0 Å². The van der Waals surface area contributed by atoms with E-state index in [0.717, 1.165) is 43.3 Å². The molecule has 2 fully saturated rings. The summed E-state index contributed by atoms with van der Waals surface area (Å²) >= 11 is 4.37. The van der Waals surface area contributed by atoms with Gasteiger partial charge in [0.25, 0.3) is 0 Å². The number of piperidine rings is 2. The smallest absolute Gasteiger partial charge is 0.311 e. The molecule has 26 heavy (non-hydrogen) atoms. The molecule has 0 atom stereocenters. The first-order valence-electron chi connectivity index (χ1n) is 9.54.